The van der Waals surface area contributed by atoms with Crippen LogP contribution in [0.1, 0.15) is 19.8 Å². The maximum atomic E-state index is 12.1. The van der Waals surface area contributed by atoms with E-state index in [0.29, 0.717) is 38.3 Å². The molecule has 1 aliphatic heterocycles. The van der Waals surface area contributed by atoms with Gasteiger partial charge in [0.15, 0.2) is 5.82 Å². The molecule has 1 saturated heterocycles. The molecule has 0 spiro atoms. The zero-order valence-corrected chi connectivity index (χ0v) is 11.5. The fraction of sp³-hybridized carbons (Fsp3) is 0.615. The largest absolute Gasteiger partial charge is 0.480 e. The molecule has 7 nitrogen and oxygen atoms in total. The third-order valence-electron chi connectivity index (χ3n) is 3.42. The topological polar surface area (TPSA) is 84.7 Å². The molecular weight excluding hydrogens is 262 g/mol. The molecule has 0 amide bonds. The fourth-order valence-electron chi connectivity index (χ4n) is 2.33. The number of aliphatic carboxylic acids is 1. The summed E-state index contributed by atoms with van der Waals surface area (Å²) in [5, 5.41) is 8.58. The van der Waals surface area contributed by atoms with Gasteiger partial charge in [-0.2, -0.15) is 0 Å². The zero-order valence-electron chi connectivity index (χ0n) is 11.5. The van der Waals surface area contributed by atoms with Gasteiger partial charge in [0.05, 0.1) is 6.10 Å². The maximum absolute atomic E-state index is 12.1. The minimum absolute atomic E-state index is 0.0561. The highest BCUT2D eigenvalue weighted by atomic mass is 16.5. The Labute approximate surface area is 116 Å². The molecule has 20 heavy (non-hydrogen) atoms. The van der Waals surface area contributed by atoms with E-state index in [-0.39, 0.29) is 18.3 Å². The first-order chi connectivity index (χ1) is 9.61. The van der Waals surface area contributed by atoms with Crippen molar-refractivity contribution in [3.63, 3.8) is 0 Å². The summed E-state index contributed by atoms with van der Waals surface area (Å²) in [4.78, 5) is 28.7. The van der Waals surface area contributed by atoms with E-state index in [9.17, 15) is 9.59 Å². The Morgan fingerprint density at radius 2 is 2.20 bits per heavy atom. The van der Waals surface area contributed by atoms with E-state index in [0.717, 1.165) is 0 Å². The van der Waals surface area contributed by atoms with Crippen LogP contribution in [0, 0.1) is 0 Å². The van der Waals surface area contributed by atoms with Crippen LogP contribution in [-0.4, -0.2) is 46.4 Å². The third-order valence-corrected chi connectivity index (χ3v) is 3.42. The number of rotatable bonds is 5. The Kier molecular flexibility index (Phi) is 4.73. The van der Waals surface area contributed by atoms with Gasteiger partial charge in [-0.25, -0.2) is 9.78 Å². The van der Waals surface area contributed by atoms with Crippen LogP contribution in [0.4, 0.5) is 5.82 Å². The van der Waals surface area contributed by atoms with Gasteiger partial charge >= 0.3 is 5.97 Å². The minimum atomic E-state index is -0.956. The van der Waals surface area contributed by atoms with Crippen LogP contribution >= 0.6 is 0 Å². The van der Waals surface area contributed by atoms with Gasteiger partial charge in [-0.05, 0) is 19.8 Å². The highest BCUT2D eigenvalue weighted by Crippen LogP contribution is 2.16. The highest BCUT2D eigenvalue weighted by molar-refractivity contribution is 5.68. The van der Waals surface area contributed by atoms with Gasteiger partial charge < -0.3 is 19.3 Å². The first kappa shape index (κ1) is 14.5. The Bertz CT molecular complexity index is 521. The summed E-state index contributed by atoms with van der Waals surface area (Å²) < 4.78 is 6.89. The molecular formula is C13H19N3O4. The van der Waals surface area contributed by atoms with E-state index >= 15 is 0 Å². The van der Waals surface area contributed by atoms with Gasteiger partial charge in [0.1, 0.15) is 6.61 Å². The van der Waals surface area contributed by atoms with Crippen LogP contribution in [0.2, 0.25) is 0 Å². The summed E-state index contributed by atoms with van der Waals surface area (Å²) in [6.45, 7) is 3.57. The van der Waals surface area contributed by atoms with Gasteiger partial charge in [0, 0.05) is 32.0 Å². The normalized spacial score (nSPS) is 16.4. The number of carbonyl (C=O) groups is 1. The maximum Gasteiger partial charge on any atom is 0.329 e. The summed E-state index contributed by atoms with van der Waals surface area (Å²) in [6, 6.07) is 0. The molecule has 0 radical (unpaired) electrons. The molecule has 1 aliphatic rings. The second-order valence-corrected chi connectivity index (χ2v) is 4.73. The number of hydrogen-bond donors (Lipinski definition) is 1. The lowest BCUT2D eigenvalue weighted by molar-refractivity contribution is -0.144. The summed E-state index contributed by atoms with van der Waals surface area (Å²) in [7, 11) is 0. The van der Waals surface area contributed by atoms with E-state index in [1.807, 2.05) is 11.8 Å². The number of aryl methyl sites for hydroxylation is 1. The molecule has 0 saturated carbocycles. The Morgan fingerprint density at radius 3 is 2.80 bits per heavy atom. The molecule has 7 heteroatoms. The molecule has 1 fully saturated rings. The summed E-state index contributed by atoms with van der Waals surface area (Å²) in [5.74, 6) is -0.492. The fourth-order valence-corrected chi connectivity index (χ4v) is 2.33. The Balaban J connectivity index is 1.97. The van der Waals surface area contributed by atoms with Crippen molar-refractivity contribution in [2.75, 3.05) is 24.6 Å². The standard InChI is InChI=1S/C13H19N3O4/c1-2-15-8-5-14-12(13(15)19)16-6-3-10(4-7-16)20-9-11(17)18/h5,8,10H,2-4,6-7,9H2,1H3,(H,17,18). The van der Waals surface area contributed by atoms with Crippen molar-refractivity contribution in [2.24, 2.45) is 0 Å². The zero-order chi connectivity index (χ0) is 14.5. The van der Waals surface area contributed by atoms with Gasteiger partial charge in [-0.15, -0.1) is 0 Å². The van der Waals surface area contributed by atoms with Gasteiger partial charge in [-0.3, -0.25) is 4.79 Å². The van der Waals surface area contributed by atoms with Crippen molar-refractivity contribution in [1.82, 2.24) is 9.55 Å². The predicted molar refractivity (Wildman–Crippen MR) is 73.0 cm³/mol. The molecule has 1 aromatic rings. The molecule has 0 bridgehead atoms. The molecule has 2 heterocycles. The average Bonchev–Trinajstić information content (AvgIpc) is 2.46. The number of nitrogens with zero attached hydrogens (tertiary/aromatic N) is 3. The van der Waals surface area contributed by atoms with Gasteiger partial charge in [-0.1, -0.05) is 0 Å². The Morgan fingerprint density at radius 1 is 1.50 bits per heavy atom. The second kappa shape index (κ2) is 6.51. The summed E-state index contributed by atoms with van der Waals surface area (Å²) in [6.07, 6.45) is 4.66. The SMILES string of the molecule is CCn1ccnc(N2CCC(OCC(=O)O)CC2)c1=O. The number of carboxylic acid groups (broad SMARTS) is 1. The van der Waals surface area contributed by atoms with Crippen molar-refractivity contribution in [2.45, 2.75) is 32.4 Å². The van der Waals surface area contributed by atoms with Crippen LogP contribution in [0.3, 0.4) is 0 Å². The lowest BCUT2D eigenvalue weighted by atomic mass is 10.1. The molecule has 1 N–H and O–H groups in total. The van der Waals surface area contributed by atoms with Crippen LogP contribution in [0.25, 0.3) is 0 Å². The summed E-state index contributed by atoms with van der Waals surface area (Å²) in [5.41, 5.74) is -0.0834. The predicted octanol–water partition coefficient (Wildman–Crippen LogP) is 0.333. The van der Waals surface area contributed by atoms with E-state index in [1.54, 1.807) is 17.0 Å². The highest BCUT2D eigenvalue weighted by Gasteiger charge is 2.23. The Hall–Kier alpha value is -1.89. The van der Waals surface area contributed by atoms with Gasteiger partial charge in [0.2, 0.25) is 0 Å². The molecule has 0 aromatic carbocycles. The van der Waals surface area contributed by atoms with Crippen LogP contribution < -0.4 is 10.5 Å². The average molecular weight is 281 g/mol. The van der Waals surface area contributed by atoms with E-state index in [1.165, 1.54) is 0 Å². The quantitative estimate of drug-likeness (QED) is 0.837. The molecule has 1 aromatic heterocycles. The first-order valence-corrected chi connectivity index (χ1v) is 6.75. The van der Waals surface area contributed by atoms with Crippen molar-refractivity contribution in [3.8, 4) is 0 Å². The summed E-state index contributed by atoms with van der Waals surface area (Å²) >= 11 is 0. The smallest absolute Gasteiger partial charge is 0.329 e. The van der Waals surface area contributed by atoms with E-state index in [2.05, 4.69) is 4.98 Å². The van der Waals surface area contributed by atoms with Crippen molar-refractivity contribution in [1.29, 1.82) is 0 Å². The molecule has 110 valence electrons. The number of aromatic nitrogens is 2. The molecule has 0 atom stereocenters. The van der Waals surface area contributed by atoms with Gasteiger partial charge in [0.25, 0.3) is 5.56 Å². The van der Waals surface area contributed by atoms with Crippen LogP contribution in [-0.2, 0) is 16.1 Å². The van der Waals surface area contributed by atoms with Crippen molar-refractivity contribution >= 4 is 11.8 Å². The number of piperidine rings is 1. The number of carboxylic acids is 1. The third kappa shape index (κ3) is 3.36. The van der Waals surface area contributed by atoms with E-state index < -0.39 is 5.97 Å². The number of anilines is 1. The van der Waals surface area contributed by atoms with Crippen LogP contribution in [0.15, 0.2) is 17.2 Å². The number of ether oxygens (including phenoxy) is 1. The van der Waals surface area contributed by atoms with E-state index in [4.69, 9.17) is 9.84 Å². The van der Waals surface area contributed by atoms with Crippen molar-refractivity contribution < 1.29 is 14.6 Å². The number of hydrogen-bond acceptors (Lipinski definition) is 5. The van der Waals surface area contributed by atoms with Crippen molar-refractivity contribution in [3.05, 3.63) is 22.7 Å². The lowest BCUT2D eigenvalue weighted by Gasteiger charge is -2.32. The molecule has 0 unspecified atom stereocenters. The molecule has 0 aliphatic carbocycles. The lowest BCUT2D eigenvalue weighted by Crippen LogP contribution is -2.41. The minimum Gasteiger partial charge on any atom is -0.480 e. The van der Waals surface area contributed by atoms with Crippen LogP contribution in [0.5, 0.6) is 0 Å². The molecule has 2 rings (SSSR count). The second-order valence-electron chi connectivity index (χ2n) is 4.73. The first-order valence-electron chi connectivity index (χ1n) is 6.75. The monoisotopic (exact) mass is 281 g/mol.